The van der Waals surface area contributed by atoms with Crippen LogP contribution in [0.25, 0.3) is 0 Å². The first-order valence-electron chi connectivity index (χ1n) is 8.96. The van der Waals surface area contributed by atoms with Crippen LogP contribution in [0.3, 0.4) is 0 Å². The number of aromatic nitrogens is 2. The molecule has 0 radical (unpaired) electrons. The van der Waals surface area contributed by atoms with Crippen LogP contribution in [0.2, 0.25) is 0 Å². The molecule has 1 aromatic heterocycles. The second-order valence-corrected chi connectivity index (χ2v) is 6.36. The monoisotopic (exact) mass is 427 g/mol. The summed E-state index contributed by atoms with van der Waals surface area (Å²) in [6.45, 7) is -0.450. The van der Waals surface area contributed by atoms with E-state index in [2.05, 4.69) is 20.6 Å². The Morgan fingerprint density at radius 2 is 1.74 bits per heavy atom. The lowest BCUT2D eigenvalue weighted by molar-refractivity contribution is -0.139. The first kappa shape index (κ1) is 21.3. The van der Waals surface area contributed by atoms with Crippen molar-refractivity contribution in [2.24, 2.45) is 5.73 Å². The summed E-state index contributed by atoms with van der Waals surface area (Å²) in [5.41, 5.74) is 6.41. The highest BCUT2D eigenvalue weighted by molar-refractivity contribution is 6.04. The molecule has 3 amide bonds. The summed E-state index contributed by atoms with van der Waals surface area (Å²) in [6.07, 6.45) is 0.279. The number of nitrogens with zero attached hydrogens (tertiary/aromatic N) is 1. The molecule has 0 spiro atoms. The second kappa shape index (κ2) is 9.39. The number of imidazole rings is 1. The number of carboxylic acids is 1. The molecule has 0 aliphatic rings. The fourth-order valence-corrected chi connectivity index (χ4v) is 2.62. The molecule has 2 aromatic carbocycles. The molecular formula is C20H18FN5O5. The average Bonchev–Trinajstić information content (AvgIpc) is 3.11. The van der Waals surface area contributed by atoms with Crippen molar-refractivity contribution in [2.45, 2.75) is 6.42 Å². The van der Waals surface area contributed by atoms with Gasteiger partial charge in [-0.25, -0.2) is 19.0 Å². The van der Waals surface area contributed by atoms with E-state index in [1.54, 1.807) is 24.3 Å². The SMILES string of the molecule is NC(=O)c1[nH]c(Cc2ccc(OCC(=O)O)cc2)nc1NC(=O)Nc1ccc(F)cc1. The van der Waals surface area contributed by atoms with E-state index >= 15 is 0 Å². The van der Waals surface area contributed by atoms with Gasteiger partial charge in [-0.1, -0.05) is 12.1 Å². The summed E-state index contributed by atoms with van der Waals surface area (Å²) in [6, 6.07) is 11.1. The zero-order chi connectivity index (χ0) is 22.4. The van der Waals surface area contributed by atoms with Gasteiger partial charge < -0.3 is 25.9 Å². The number of carboxylic acid groups (broad SMARTS) is 1. The number of benzene rings is 2. The molecular weight excluding hydrogens is 409 g/mol. The predicted octanol–water partition coefficient (Wildman–Crippen LogP) is 2.35. The number of anilines is 2. The van der Waals surface area contributed by atoms with Crippen LogP contribution in [0, 0.1) is 5.82 Å². The highest BCUT2D eigenvalue weighted by Crippen LogP contribution is 2.18. The van der Waals surface area contributed by atoms with E-state index in [9.17, 15) is 18.8 Å². The second-order valence-electron chi connectivity index (χ2n) is 6.36. The Bertz CT molecular complexity index is 1100. The van der Waals surface area contributed by atoms with Crippen molar-refractivity contribution >= 4 is 29.4 Å². The number of primary amides is 1. The number of halogens is 1. The number of nitrogens with one attached hydrogen (secondary N) is 3. The third-order valence-corrected chi connectivity index (χ3v) is 3.99. The van der Waals surface area contributed by atoms with Gasteiger partial charge in [-0.2, -0.15) is 0 Å². The molecule has 0 unspecified atom stereocenters. The van der Waals surface area contributed by atoms with Gasteiger partial charge in [0.05, 0.1) is 0 Å². The van der Waals surface area contributed by atoms with Crippen LogP contribution in [-0.2, 0) is 11.2 Å². The summed E-state index contributed by atoms with van der Waals surface area (Å²) >= 11 is 0. The first-order valence-corrected chi connectivity index (χ1v) is 8.96. The molecule has 0 aliphatic carbocycles. The van der Waals surface area contributed by atoms with Crippen molar-refractivity contribution in [1.82, 2.24) is 9.97 Å². The number of H-pyrrole nitrogens is 1. The minimum Gasteiger partial charge on any atom is -0.482 e. The van der Waals surface area contributed by atoms with E-state index in [-0.39, 0.29) is 17.9 Å². The normalized spacial score (nSPS) is 10.4. The van der Waals surface area contributed by atoms with Gasteiger partial charge in [0.1, 0.15) is 23.1 Å². The number of aliphatic carboxylic acids is 1. The van der Waals surface area contributed by atoms with Gasteiger partial charge in [-0.05, 0) is 42.0 Å². The number of amides is 3. The summed E-state index contributed by atoms with van der Waals surface area (Å²) in [7, 11) is 0. The van der Waals surface area contributed by atoms with Gasteiger partial charge >= 0.3 is 12.0 Å². The van der Waals surface area contributed by atoms with E-state index < -0.39 is 30.3 Å². The van der Waals surface area contributed by atoms with E-state index in [0.717, 1.165) is 5.56 Å². The number of rotatable bonds is 8. The minimum absolute atomic E-state index is 0.0523. The first-order chi connectivity index (χ1) is 14.8. The molecule has 0 saturated carbocycles. The summed E-state index contributed by atoms with van der Waals surface area (Å²) in [5, 5.41) is 13.6. The van der Waals surface area contributed by atoms with Gasteiger partial charge in [0, 0.05) is 12.1 Å². The lowest BCUT2D eigenvalue weighted by atomic mass is 10.1. The topological polar surface area (TPSA) is 159 Å². The van der Waals surface area contributed by atoms with Crippen molar-refractivity contribution in [3.63, 3.8) is 0 Å². The Kier molecular flexibility index (Phi) is 6.45. The van der Waals surface area contributed by atoms with Gasteiger partial charge in [0.2, 0.25) is 0 Å². The van der Waals surface area contributed by atoms with Crippen LogP contribution >= 0.6 is 0 Å². The van der Waals surface area contributed by atoms with Crippen LogP contribution < -0.4 is 21.1 Å². The molecule has 10 nitrogen and oxygen atoms in total. The molecule has 1 heterocycles. The highest BCUT2D eigenvalue weighted by Gasteiger charge is 2.17. The number of carbonyl (C=O) groups excluding carboxylic acids is 2. The zero-order valence-corrected chi connectivity index (χ0v) is 16.0. The Hall–Kier alpha value is -4.41. The maximum atomic E-state index is 13.0. The third kappa shape index (κ3) is 6.03. The number of aromatic amines is 1. The molecule has 3 rings (SSSR count). The molecule has 0 bridgehead atoms. The molecule has 31 heavy (non-hydrogen) atoms. The van der Waals surface area contributed by atoms with Crippen LogP contribution in [0.1, 0.15) is 21.9 Å². The van der Waals surface area contributed by atoms with Crippen molar-refractivity contribution in [3.8, 4) is 5.75 Å². The molecule has 3 aromatic rings. The van der Waals surface area contributed by atoms with Crippen molar-refractivity contribution in [1.29, 1.82) is 0 Å². The smallest absolute Gasteiger partial charge is 0.341 e. The zero-order valence-electron chi connectivity index (χ0n) is 16.0. The van der Waals surface area contributed by atoms with Crippen molar-refractivity contribution < 1.29 is 28.6 Å². The van der Waals surface area contributed by atoms with Crippen LogP contribution in [0.15, 0.2) is 48.5 Å². The summed E-state index contributed by atoms with van der Waals surface area (Å²) in [4.78, 5) is 41.4. The van der Waals surface area contributed by atoms with Gasteiger partial charge in [0.15, 0.2) is 12.4 Å². The van der Waals surface area contributed by atoms with Crippen molar-refractivity contribution in [3.05, 3.63) is 71.4 Å². The number of urea groups is 1. The number of hydrogen-bond donors (Lipinski definition) is 5. The fraction of sp³-hybridized carbons (Fsp3) is 0.100. The quantitative estimate of drug-likeness (QED) is 0.371. The Balaban J connectivity index is 1.68. The minimum atomic E-state index is -1.08. The Morgan fingerprint density at radius 3 is 2.35 bits per heavy atom. The van der Waals surface area contributed by atoms with Crippen LogP contribution in [-0.4, -0.2) is 39.6 Å². The van der Waals surface area contributed by atoms with E-state index in [4.69, 9.17) is 15.6 Å². The molecule has 0 fully saturated rings. The van der Waals surface area contributed by atoms with Gasteiger partial charge in [-0.3, -0.25) is 10.1 Å². The lowest BCUT2D eigenvalue weighted by Crippen LogP contribution is -2.22. The molecule has 160 valence electrons. The Labute approximate surface area is 175 Å². The largest absolute Gasteiger partial charge is 0.482 e. The summed E-state index contributed by atoms with van der Waals surface area (Å²) in [5.74, 6) is -1.63. The lowest BCUT2D eigenvalue weighted by Gasteiger charge is -2.06. The fourth-order valence-electron chi connectivity index (χ4n) is 2.62. The van der Waals surface area contributed by atoms with E-state index in [1.165, 1.54) is 24.3 Å². The third-order valence-electron chi connectivity index (χ3n) is 3.99. The standard InChI is InChI=1S/C20H18FN5O5/c21-12-3-5-13(6-4-12)23-20(30)26-19-17(18(22)29)24-15(25-19)9-11-1-7-14(8-2-11)31-10-16(27)28/h1-8H,9-10H2,(H2,22,29)(H,24,25)(H,27,28)(H2,23,26,30). The number of carbonyl (C=O) groups is 3. The van der Waals surface area contributed by atoms with Crippen molar-refractivity contribution in [2.75, 3.05) is 17.2 Å². The van der Waals surface area contributed by atoms with Crippen LogP contribution in [0.4, 0.5) is 20.7 Å². The number of nitrogens with two attached hydrogens (primary N) is 1. The summed E-state index contributed by atoms with van der Waals surface area (Å²) < 4.78 is 18.0. The Morgan fingerprint density at radius 1 is 1.06 bits per heavy atom. The predicted molar refractivity (Wildman–Crippen MR) is 109 cm³/mol. The molecule has 0 saturated heterocycles. The maximum absolute atomic E-state index is 13.0. The van der Waals surface area contributed by atoms with Gasteiger partial charge in [0.25, 0.3) is 5.91 Å². The molecule has 0 aliphatic heterocycles. The maximum Gasteiger partial charge on any atom is 0.341 e. The number of ether oxygens (including phenoxy) is 1. The average molecular weight is 427 g/mol. The van der Waals surface area contributed by atoms with Crippen LogP contribution in [0.5, 0.6) is 5.75 Å². The van der Waals surface area contributed by atoms with Gasteiger partial charge in [-0.15, -0.1) is 0 Å². The molecule has 6 N–H and O–H groups in total. The highest BCUT2D eigenvalue weighted by atomic mass is 19.1. The number of hydrogen-bond acceptors (Lipinski definition) is 5. The molecule has 0 atom stereocenters. The van der Waals surface area contributed by atoms with E-state index in [1.807, 2.05) is 0 Å². The molecule has 11 heteroatoms. The van der Waals surface area contributed by atoms with E-state index in [0.29, 0.717) is 17.3 Å².